The zero-order valence-corrected chi connectivity index (χ0v) is 12.1. The van der Waals surface area contributed by atoms with E-state index >= 15 is 0 Å². The molecule has 0 aliphatic carbocycles. The Balaban J connectivity index is 2.91. The quantitative estimate of drug-likeness (QED) is 0.809. The fourth-order valence-electron chi connectivity index (χ4n) is 1.80. The van der Waals surface area contributed by atoms with Gasteiger partial charge in [-0.05, 0) is 30.7 Å². The highest BCUT2D eigenvalue weighted by Gasteiger charge is 2.24. The second kappa shape index (κ2) is 7.87. The number of carbonyl (C=O) groups excluding carboxylic acids is 1. The molecule has 6 heteroatoms. The number of nitrogens with zero attached hydrogens (tertiary/aromatic N) is 1. The van der Waals surface area contributed by atoms with Crippen molar-refractivity contribution in [3.05, 3.63) is 29.3 Å². The van der Waals surface area contributed by atoms with Crippen molar-refractivity contribution in [1.29, 1.82) is 0 Å². The molecule has 20 heavy (non-hydrogen) atoms. The molecule has 0 saturated carbocycles. The molecular formula is C14H19ClN2O3. The van der Waals surface area contributed by atoms with Gasteiger partial charge in [-0.3, -0.25) is 14.5 Å². The third-order valence-corrected chi connectivity index (χ3v) is 3.14. The smallest absolute Gasteiger partial charge is 0.323 e. The number of rotatable bonds is 7. The number of carboxylic acid groups (broad SMARTS) is 1. The summed E-state index contributed by atoms with van der Waals surface area (Å²) >= 11 is 5.79. The van der Waals surface area contributed by atoms with Crippen molar-refractivity contribution in [2.24, 2.45) is 5.73 Å². The van der Waals surface area contributed by atoms with Crippen LogP contribution in [0.25, 0.3) is 0 Å². The molecule has 5 nitrogen and oxygen atoms in total. The Morgan fingerprint density at radius 2 is 1.95 bits per heavy atom. The Labute approximate surface area is 123 Å². The Morgan fingerprint density at radius 1 is 1.35 bits per heavy atom. The zero-order valence-electron chi connectivity index (χ0n) is 11.4. The molecule has 0 aromatic heterocycles. The minimum absolute atomic E-state index is 0.386. The second-order valence-electron chi connectivity index (χ2n) is 4.54. The number of unbranched alkanes of at least 4 members (excludes halogenated alkanes) is 1. The van der Waals surface area contributed by atoms with Gasteiger partial charge in [-0.15, -0.1) is 0 Å². The molecule has 1 amide bonds. The first kappa shape index (κ1) is 16.5. The zero-order chi connectivity index (χ0) is 15.1. The number of carboxylic acids is 1. The van der Waals surface area contributed by atoms with Crippen molar-refractivity contribution in [1.82, 2.24) is 0 Å². The first-order valence-corrected chi connectivity index (χ1v) is 6.87. The number of nitrogens with two attached hydrogens (primary N) is 1. The average molecular weight is 299 g/mol. The van der Waals surface area contributed by atoms with Crippen molar-refractivity contribution < 1.29 is 14.7 Å². The normalized spacial score (nSPS) is 11.9. The van der Waals surface area contributed by atoms with Crippen LogP contribution in [0.3, 0.4) is 0 Å². The van der Waals surface area contributed by atoms with Crippen LogP contribution in [0.5, 0.6) is 0 Å². The third-order valence-electron chi connectivity index (χ3n) is 2.88. The van der Waals surface area contributed by atoms with Crippen LogP contribution in [0.2, 0.25) is 5.02 Å². The van der Waals surface area contributed by atoms with Gasteiger partial charge in [0.05, 0.1) is 6.04 Å². The van der Waals surface area contributed by atoms with Crippen molar-refractivity contribution in [3.8, 4) is 0 Å². The summed E-state index contributed by atoms with van der Waals surface area (Å²) in [5.41, 5.74) is 6.32. The molecule has 0 aliphatic rings. The van der Waals surface area contributed by atoms with E-state index in [-0.39, 0.29) is 5.91 Å². The van der Waals surface area contributed by atoms with Crippen molar-refractivity contribution >= 4 is 29.2 Å². The van der Waals surface area contributed by atoms with Gasteiger partial charge >= 0.3 is 5.97 Å². The Bertz CT molecular complexity index is 462. The van der Waals surface area contributed by atoms with E-state index in [1.807, 2.05) is 6.92 Å². The predicted molar refractivity (Wildman–Crippen MR) is 78.9 cm³/mol. The highest BCUT2D eigenvalue weighted by molar-refractivity contribution is 6.30. The van der Waals surface area contributed by atoms with Gasteiger partial charge in [-0.25, -0.2) is 0 Å². The number of hydrogen-bond acceptors (Lipinski definition) is 3. The van der Waals surface area contributed by atoms with Crippen LogP contribution < -0.4 is 10.6 Å². The van der Waals surface area contributed by atoms with Gasteiger partial charge in [-0.1, -0.05) is 31.4 Å². The number of aliphatic carboxylic acids is 1. The molecule has 0 spiro atoms. The van der Waals surface area contributed by atoms with E-state index < -0.39 is 18.6 Å². The molecule has 0 saturated heterocycles. The largest absolute Gasteiger partial charge is 0.480 e. The van der Waals surface area contributed by atoms with Crippen molar-refractivity contribution in [3.63, 3.8) is 0 Å². The molecule has 0 aliphatic heterocycles. The number of amides is 1. The monoisotopic (exact) mass is 298 g/mol. The van der Waals surface area contributed by atoms with Crippen LogP contribution >= 0.6 is 11.6 Å². The molecule has 110 valence electrons. The summed E-state index contributed by atoms with van der Waals surface area (Å²) in [7, 11) is 0. The van der Waals surface area contributed by atoms with Crippen LogP contribution in [-0.2, 0) is 9.59 Å². The van der Waals surface area contributed by atoms with Crippen molar-refractivity contribution in [2.45, 2.75) is 32.2 Å². The average Bonchev–Trinajstić information content (AvgIpc) is 2.42. The van der Waals surface area contributed by atoms with Gasteiger partial charge in [0.1, 0.15) is 6.54 Å². The van der Waals surface area contributed by atoms with E-state index in [1.54, 1.807) is 24.3 Å². The fourth-order valence-corrected chi connectivity index (χ4v) is 1.93. The van der Waals surface area contributed by atoms with E-state index in [0.29, 0.717) is 17.1 Å². The lowest BCUT2D eigenvalue weighted by molar-refractivity contribution is -0.136. The fraction of sp³-hybridized carbons (Fsp3) is 0.429. The van der Waals surface area contributed by atoms with Crippen LogP contribution in [0.1, 0.15) is 26.2 Å². The van der Waals surface area contributed by atoms with E-state index in [9.17, 15) is 9.59 Å². The Morgan fingerprint density at radius 3 is 2.45 bits per heavy atom. The van der Waals surface area contributed by atoms with Gasteiger partial charge < -0.3 is 10.8 Å². The number of halogens is 1. The highest BCUT2D eigenvalue weighted by atomic mass is 35.5. The molecule has 1 aromatic rings. The minimum atomic E-state index is -1.09. The van der Waals surface area contributed by atoms with Gasteiger partial charge in [-0.2, -0.15) is 0 Å². The minimum Gasteiger partial charge on any atom is -0.480 e. The molecule has 0 heterocycles. The van der Waals surface area contributed by atoms with Gasteiger partial charge in [0.15, 0.2) is 0 Å². The third kappa shape index (κ3) is 4.83. The maximum absolute atomic E-state index is 12.3. The van der Waals surface area contributed by atoms with Gasteiger partial charge in [0, 0.05) is 10.7 Å². The lowest BCUT2D eigenvalue weighted by Crippen LogP contribution is -2.46. The number of anilines is 1. The topological polar surface area (TPSA) is 83.6 Å². The van der Waals surface area contributed by atoms with Crippen LogP contribution in [0.15, 0.2) is 24.3 Å². The molecule has 0 bridgehead atoms. The van der Waals surface area contributed by atoms with E-state index in [1.165, 1.54) is 4.90 Å². The lowest BCUT2D eigenvalue weighted by Gasteiger charge is -2.24. The van der Waals surface area contributed by atoms with Gasteiger partial charge in [0.25, 0.3) is 0 Å². The first-order chi connectivity index (χ1) is 9.45. The summed E-state index contributed by atoms with van der Waals surface area (Å²) in [6.07, 6.45) is 2.30. The van der Waals surface area contributed by atoms with Crippen LogP contribution in [0.4, 0.5) is 5.69 Å². The number of carbonyl (C=O) groups is 2. The molecule has 1 rings (SSSR count). The summed E-state index contributed by atoms with van der Waals surface area (Å²) in [4.78, 5) is 24.4. The molecule has 1 atom stereocenters. The predicted octanol–water partition coefficient (Wildman–Crippen LogP) is 2.28. The van der Waals surface area contributed by atoms with E-state index in [4.69, 9.17) is 22.4 Å². The molecule has 0 unspecified atom stereocenters. The van der Waals surface area contributed by atoms with Gasteiger partial charge in [0.2, 0.25) is 5.91 Å². The SMILES string of the molecule is CCCC[C@H](N)C(=O)N(CC(=O)O)c1ccc(Cl)cc1. The number of hydrogen-bond donors (Lipinski definition) is 2. The summed E-state index contributed by atoms with van der Waals surface area (Å²) < 4.78 is 0. The van der Waals surface area contributed by atoms with Crippen molar-refractivity contribution in [2.75, 3.05) is 11.4 Å². The Kier molecular flexibility index (Phi) is 6.48. The van der Waals surface area contributed by atoms with E-state index in [0.717, 1.165) is 12.8 Å². The first-order valence-electron chi connectivity index (χ1n) is 6.50. The molecule has 0 fully saturated rings. The Hall–Kier alpha value is -1.59. The summed E-state index contributed by atoms with van der Waals surface area (Å²) in [6.45, 7) is 1.59. The highest BCUT2D eigenvalue weighted by Crippen LogP contribution is 2.19. The summed E-state index contributed by atoms with van der Waals surface area (Å²) in [6, 6.07) is 5.74. The summed E-state index contributed by atoms with van der Waals surface area (Å²) in [5, 5.41) is 9.47. The maximum atomic E-state index is 12.3. The maximum Gasteiger partial charge on any atom is 0.323 e. The standard InChI is InChI=1S/C14H19ClN2O3/c1-2-3-4-12(16)14(20)17(9-13(18)19)11-7-5-10(15)6-8-11/h5-8,12H,2-4,9,16H2,1H3,(H,18,19)/t12-/m0/s1. The van der Waals surface area contributed by atoms with Crippen LogP contribution in [-0.4, -0.2) is 29.6 Å². The molecule has 1 aromatic carbocycles. The molecule has 3 N–H and O–H groups in total. The van der Waals surface area contributed by atoms with E-state index in [2.05, 4.69) is 0 Å². The molecular weight excluding hydrogens is 280 g/mol. The number of benzene rings is 1. The molecule has 0 radical (unpaired) electrons. The second-order valence-corrected chi connectivity index (χ2v) is 4.98. The summed E-state index contributed by atoms with van der Waals surface area (Å²) in [5.74, 6) is -1.47. The lowest BCUT2D eigenvalue weighted by atomic mass is 10.1. The van der Waals surface area contributed by atoms with Crippen LogP contribution in [0, 0.1) is 0 Å².